The normalized spacial score (nSPS) is 25.5. The van der Waals surface area contributed by atoms with Gasteiger partial charge in [-0.1, -0.05) is 19.3 Å². The molecule has 2 saturated heterocycles. The fourth-order valence-corrected chi connectivity index (χ4v) is 5.37. The Morgan fingerprint density at radius 3 is 2.45 bits per heavy atom. The predicted molar refractivity (Wildman–Crippen MR) is 116 cm³/mol. The molecule has 7 nitrogen and oxygen atoms in total. The summed E-state index contributed by atoms with van der Waals surface area (Å²) in [4.78, 5) is 33.9. The lowest BCUT2D eigenvalue weighted by molar-refractivity contribution is -0.184. The highest BCUT2D eigenvalue weighted by Crippen LogP contribution is 2.41. The van der Waals surface area contributed by atoms with E-state index < -0.39 is 6.10 Å². The van der Waals surface area contributed by atoms with Crippen LogP contribution in [0.3, 0.4) is 0 Å². The number of piperidine rings is 1. The maximum absolute atomic E-state index is 13.0. The first-order valence-electron chi connectivity index (χ1n) is 11.8. The Kier molecular flexibility index (Phi) is 7.56. The number of methoxy groups -OCH3 is 1. The van der Waals surface area contributed by atoms with Crippen molar-refractivity contribution in [2.24, 2.45) is 5.92 Å². The molecule has 2 amide bonds. The predicted octanol–water partition coefficient (Wildman–Crippen LogP) is 2.96. The van der Waals surface area contributed by atoms with Crippen LogP contribution in [0.5, 0.6) is 0 Å². The number of hydrogen-bond acceptors (Lipinski definition) is 5. The second kappa shape index (κ2) is 10.6. The lowest BCUT2D eigenvalue weighted by Crippen LogP contribution is -2.65. The Bertz CT molecular complexity index is 730. The third kappa shape index (κ3) is 5.09. The molecule has 0 aromatic carbocycles. The summed E-state index contributed by atoms with van der Waals surface area (Å²) >= 11 is 0. The standard InChI is InChI=1S/C24H35N3O4/c1-30-15-16-31-23-22(19-7-11-25-12-8-19)27(24(23)29)20-9-13-26(14-10-20)21(28)17-18-5-3-2-4-6-18/h7-8,11-12,18,20,22-23H,2-6,9-10,13-17H2,1H3. The van der Waals surface area contributed by atoms with E-state index in [2.05, 4.69) is 4.98 Å². The number of β-lactam (4-membered cyclic amide) rings is 1. The number of likely N-dealkylation sites (tertiary alicyclic amines) is 2. The van der Waals surface area contributed by atoms with Gasteiger partial charge in [-0.15, -0.1) is 0 Å². The van der Waals surface area contributed by atoms with Gasteiger partial charge in [-0.25, -0.2) is 0 Å². The number of carbonyl (C=O) groups is 2. The average Bonchev–Trinajstić information content (AvgIpc) is 2.81. The average molecular weight is 430 g/mol. The van der Waals surface area contributed by atoms with Gasteiger partial charge < -0.3 is 19.3 Å². The quantitative estimate of drug-likeness (QED) is 0.469. The van der Waals surface area contributed by atoms with E-state index in [1.807, 2.05) is 21.9 Å². The van der Waals surface area contributed by atoms with Crippen molar-refractivity contribution in [3.05, 3.63) is 30.1 Å². The van der Waals surface area contributed by atoms with Crippen molar-refractivity contribution in [2.75, 3.05) is 33.4 Å². The molecule has 0 N–H and O–H groups in total. The lowest BCUT2D eigenvalue weighted by Gasteiger charge is -2.52. The third-order valence-corrected chi connectivity index (χ3v) is 7.12. The number of rotatable bonds is 8. The highest BCUT2D eigenvalue weighted by Gasteiger charge is 2.52. The lowest BCUT2D eigenvalue weighted by atomic mass is 9.85. The zero-order chi connectivity index (χ0) is 21.6. The minimum Gasteiger partial charge on any atom is -0.382 e. The summed E-state index contributed by atoms with van der Waals surface area (Å²) < 4.78 is 10.9. The van der Waals surface area contributed by atoms with Crippen LogP contribution in [0.25, 0.3) is 0 Å². The number of nitrogens with zero attached hydrogens (tertiary/aromatic N) is 3. The molecule has 1 aromatic rings. The molecule has 2 aliphatic heterocycles. The van der Waals surface area contributed by atoms with Crippen LogP contribution in [-0.4, -0.2) is 72.2 Å². The summed E-state index contributed by atoms with van der Waals surface area (Å²) in [5.41, 5.74) is 1.05. The molecule has 3 fully saturated rings. The van der Waals surface area contributed by atoms with Crippen LogP contribution in [0, 0.1) is 5.92 Å². The number of ether oxygens (including phenoxy) is 2. The summed E-state index contributed by atoms with van der Waals surface area (Å²) in [5.74, 6) is 0.911. The first-order valence-corrected chi connectivity index (χ1v) is 11.8. The highest BCUT2D eigenvalue weighted by atomic mass is 16.5. The molecular formula is C24H35N3O4. The van der Waals surface area contributed by atoms with Gasteiger partial charge in [0.2, 0.25) is 5.91 Å². The zero-order valence-electron chi connectivity index (χ0n) is 18.6. The Labute approximate surface area is 185 Å². The second-order valence-electron chi connectivity index (χ2n) is 9.08. The number of aromatic nitrogens is 1. The molecule has 0 spiro atoms. The van der Waals surface area contributed by atoms with Gasteiger partial charge in [0.25, 0.3) is 5.91 Å². The van der Waals surface area contributed by atoms with Gasteiger partial charge in [-0.3, -0.25) is 14.6 Å². The summed E-state index contributed by atoms with van der Waals surface area (Å²) in [5, 5.41) is 0. The second-order valence-corrected chi connectivity index (χ2v) is 9.08. The van der Waals surface area contributed by atoms with E-state index in [1.54, 1.807) is 19.5 Å². The number of pyridine rings is 1. The van der Waals surface area contributed by atoms with Crippen LogP contribution in [0.2, 0.25) is 0 Å². The van der Waals surface area contributed by atoms with Crippen molar-refractivity contribution in [3.8, 4) is 0 Å². The minimum atomic E-state index is -0.469. The van der Waals surface area contributed by atoms with E-state index in [-0.39, 0.29) is 18.0 Å². The van der Waals surface area contributed by atoms with Crippen LogP contribution < -0.4 is 0 Å². The van der Waals surface area contributed by atoms with Gasteiger partial charge in [-0.05, 0) is 49.3 Å². The van der Waals surface area contributed by atoms with Crippen molar-refractivity contribution in [1.82, 2.24) is 14.8 Å². The van der Waals surface area contributed by atoms with Crippen molar-refractivity contribution >= 4 is 11.8 Å². The Morgan fingerprint density at radius 1 is 1.06 bits per heavy atom. The minimum absolute atomic E-state index is 0.0462. The molecule has 3 heterocycles. The maximum Gasteiger partial charge on any atom is 0.255 e. The molecule has 0 bridgehead atoms. The van der Waals surface area contributed by atoms with Crippen LogP contribution in [0.15, 0.2) is 24.5 Å². The van der Waals surface area contributed by atoms with Gasteiger partial charge in [0, 0.05) is 45.1 Å². The Morgan fingerprint density at radius 2 is 1.77 bits per heavy atom. The SMILES string of the molecule is COCCOC1C(=O)N(C2CCN(C(=O)CC3CCCCC3)CC2)C1c1ccncc1. The van der Waals surface area contributed by atoms with E-state index in [1.165, 1.54) is 32.1 Å². The van der Waals surface area contributed by atoms with Crippen LogP contribution in [0.4, 0.5) is 0 Å². The Balaban J connectivity index is 1.35. The van der Waals surface area contributed by atoms with E-state index in [9.17, 15) is 9.59 Å². The van der Waals surface area contributed by atoms with E-state index in [0.29, 0.717) is 31.5 Å². The fraction of sp³-hybridized carbons (Fsp3) is 0.708. The molecule has 170 valence electrons. The Hall–Kier alpha value is -1.99. The van der Waals surface area contributed by atoms with Gasteiger partial charge in [0.15, 0.2) is 6.10 Å². The molecule has 7 heteroatoms. The fourth-order valence-electron chi connectivity index (χ4n) is 5.37. The van der Waals surface area contributed by atoms with Crippen LogP contribution in [0.1, 0.15) is 63.0 Å². The van der Waals surface area contributed by atoms with Gasteiger partial charge in [0.05, 0.1) is 19.3 Å². The smallest absolute Gasteiger partial charge is 0.255 e. The molecule has 2 atom stereocenters. The van der Waals surface area contributed by atoms with Gasteiger partial charge >= 0.3 is 0 Å². The first-order chi connectivity index (χ1) is 15.2. The largest absolute Gasteiger partial charge is 0.382 e. The summed E-state index contributed by atoms with van der Waals surface area (Å²) in [6, 6.07) is 3.97. The first kappa shape index (κ1) is 22.2. The van der Waals surface area contributed by atoms with Crippen molar-refractivity contribution in [2.45, 2.75) is 69.6 Å². The molecule has 4 rings (SSSR count). The van der Waals surface area contributed by atoms with Crippen molar-refractivity contribution < 1.29 is 19.1 Å². The summed E-state index contributed by atoms with van der Waals surface area (Å²) in [6.45, 7) is 2.33. The summed E-state index contributed by atoms with van der Waals surface area (Å²) in [6.07, 6.45) is 11.6. The molecule has 1 saturated carbocycles. The molecule has 1 aromatic heterocycles. The van der Waals surface area contributed by atoms with Crippen molar-refractivity contribution in [1.29, 1.82) is 0 Å². The van der Waals surface area contributed by atoms with E-state index >= 15 is 0 Å². The van der Waals surface area contributed by atoms with E-state index in [0.717, 1.165) is 31.5 Å². The van der Waals surface area contributed by atoms with Crippen molar-refractivity contribution in [3.63, 3.8) is 0 Å². The molecule has 0 radical (unpaired) electrons. The third-order valence-electron chi connectivity index (χ3n) is 7.12. The molecule has 3 aliphatic rings. The van der Waals surface area contributed by atoms with Gasteiger partial charge in [-0.2, -0.15) is 0 Å². The van der Waals surface area contributed by atoms with Crippen LogP contribution in [-0.2, 0) is 19.1 Å². The number of hydrogen-bond donors (Lipinski definition) is 0. The molecule has 1 aliphatic carbocycles. The molecular weight excluding hydrogens is 394 g/mol. The van der Waals surface area contributed by atoms with Gasteiger partial charge in [0.1, 0.15) is 0 Å². The number of carbonyl (C=O) groups excluding carboxylic acids is 2. The summed E-state index contributed by atoms with van der Waals surface area (Å²) in [7, 11) is 1.63. The van der Waals surface area contributed by atoms with E-state index in [4.69, 9.17) is 9.47 Å². The zero-order valence-corrected chi connectivity index (χ0v) is 18.6. The highest BCUT2D eigenvalue weighted by molar-refractivity contribution is 5.89. The monoisotopic (exact) mass is 429 g/mol. The molecule has 2 unspecified atom stereocenters. The molecule has 31 heavy (non-hydrogen) atoms. The van der Waals surface area contributed by atoms with Crippen LogP contribution >= 0.6 is 0 Å². The topological polar surface area (TPSA) is 72.0 Å². The number of amides is 2. The maximum atomic E-state index is 13.0.